The summed E-state index contributed by atoms with van der Waals surface area (Å²) in [7, 11) is 0. The van der Waals surface area contributed by atoms with Gasteiger partial charge in [-0.1, -0.05) is 67.9 Å². The first kappa shape index (κ1) is 26.4. The number of benzene rings is 2. The maximum atomic E-state index is 14.0. The van der Waals surface area contributed by atoms with Crippen LogP contribution in [0.25, 0.3) is 16.9 Å². The third kappa shape index (κ3) is 5.51. The molecule has 39 heavy (non-hydrogen) atoms. The summed E-state index contributed by atoms with van der Waals surface area (Å²) in [4.78, 5) is 17.3. The first-order chi connectivity index (χ1) is 18.5. The van der Waals surface area contributed by atoms with Gasteiger partial charge in [-0.3, -0.25) is 9.48 Å². The Kier molecular flexibility index (Phi) is 6.90. The standard InChI is InChI=1S/C28H24ClF3N6O/c1-16(2)18-8-10-19(11-9-18)22-13-24(28(30,31)32)38-26(33-22)14-23(35-38)27(39)34-25-12-17(3)37(36-25)15-20-6-4-5-7-21(20)29/h4-14,16H,15H2,1-3H3,(H,34,36,39). The van der Waals surface area contributed by atoms with Crippen molar-refractivity contribution in [1.82, 2.24) is 24.4 Å². The average molecular weight is 553 g/mol. The second-order valence-electron chi connectivity index (χ2n) is 9.47. The van der Waals surface area contributed by atoms with Crippen LogP contribution in [0.4, 0.5) is 19.0 Å². The van der Waals surface area contributed by atoms with E-state index >= 15 is 0 Å². The zero-order valence-electron chi connectivity index (χ0n) is 21.3. The van der Waals surface area contributed by atoms with E-state index in [2.05, 4.69) is 20.5 Å². The van der Waals surface area contributed by atoms with Gasteiger partial charge >= 0.3 is 6.18 Å². The van der Waals surface area contributed by atoms with Gasteiger partial charge in [0.05, 0.1) is 12.2 Å². The number of carbonyl (C=O) groups excluding carboxylic acids is 1. The van der Waals surface area contributed by atoms with Gasteiger partial charge in [0, 0.05) is 28.4 Å². The van der Waals surface area contributed by atoms with E-state index in [-0.39, 0.29) is 28.8 Å². The van der Waals surface area contributed by atoms with E-state index in [0.29, 0.717) is 21.6 Å². The van der Waals surface area contributed by atoms with Gasteiger partial charge in [-0.2, -0.15) is 23.4 Å². The summed E-state index contributed by atoms with van der Waals surface area (Å²) in [6.45, 7) is 6.27. The van der Waals surface area contributed by atoms with Gasteiger partial charge in [-0.15, -0.1) is 0 Å². The topological polar surface area (TPSA) is 77.1 Å². The molecule has 0 unspecified atom stereocenters. The molecule has 0 bridgehead atoms. The maximum Gasteiger partial charge on any atom is 0.433 e. The molecule has 200 valence electrons. The van der Waals surface area contributed by atoms with Crippen molar-refractivity contribution in [3.8, 4) is 11.3 Å². The summed E-state index contributed by atoms with van der Waals surface area (Å²) in [5.74, 6) is -0.196. The van der Waals surface area contributed by atoms with E-state index < -0.39 is 17.8 Å². The number of nitrogens with one attached hydrogen (secondary N) is 1. The first-order valence-corrected chi connectivity index (χ1v) is 12.5. The van der Waals surface area contributed by atoms with Crippen molar-refractivity contribution in [2.75, 3.05) is 5.32 Å². The molecule has 0 atom stereocenters. The molecule has 0 saturated carbocycles. The van der Waals surface area contributed by atoms with E-state index in [1.165, 1.54) is 6.07 Å². The van der Waals surface area contributed by atoms with Crippen molar-refractivity contribution in [3.63, 3.8) is 0 Å². The predicted molar refractivity (Wildman–Crippen MR) is 143 cm³/mol. The molecular weight excluding hydrogens is 529 g/mol. The number of aryl methyl sites for hydroxylation is 1. The van der Waals surface area contributed by atoms with Gasteiger partial charge in [-0.25, -0.2) is 9.50 Å². The largest absolute Gasteiger partial charge is 0.433 e. The number of fused-ring (bicyclic) bond motifs is 1. The van der Waals surface area contributed by atoms with Gasteiger partial charge in [-0.05, 0) is 36.1 Å². The van der Waals surface area contributed by atoms with Gasteiger partial charge in [0.25, 0.3) is 5.91 Å². The summed E-state index contributed by atoms with van der Waals surface area (Å²) in [6, 6.07) is 18.3. The number of nitrogens with zero attached hydrogens (tertiary/aromatic N) is 5. The Morgan fingerprint density at radius 1 is 1.03 bits per heavy atom. The van der Waals surface area contributed by atoms with Crippen molar-refractivity contribution in [2.45, 2.75) is 39.4 Å². The van der Waals surface area contributed by atoms with Gasteiger partial charge in [0.2, 0.25) is 0 Å². The molecule has 1 N–H and O–H groups in total. The summed E-state index contributed by atoms with van der Waals surface area (Å²) >= 11 is 6.24. The zero-order valence-corrected chi connectivity index (χ0v) is 22.0. The lowest BCUT2D eigenvalue weighted by molar-refractivity contribution is -0.142. The van der Waals surface area contributed by atoms with Crippen molar-refractivity contribution in [3.05, 3.63) is 100.0 Å². The normalized spacial score (nSPS) is 11.9. The number of anilines is 1. The maximum absolute atomic E-state index is 14.0. The van der Waals surface area contributed by atoms with Crippen LogP contribution in [-0.4, -0.2) is 30.3 Å². The van der Waals surface area contributed by atoms with Crippen LogP contribution in [0.15, 0.2) is 66.7 Å². The molecule has 0 fully saturated rings. The Morgan fingerprint density at radius 3 is 2.41 bits per heavy atom. The van der Waals surface area contributed by atoms with E-state index in [4.69, 9.17) is 11.6 Å². The second-order valence-corrected chi connectivity index (χ2v) is 9.88. The molecule has 3 aromatic heterocycles. The molecule has 2 aromatic carbocycles. The molecule has 0 aliphatic heterocycles. The molecule has 1 amide bonds. The fourth-order valence-electron chi connectivity index (χ4n) is 4.17. The molecule has 3 heterocycles. The number of aromatic nitrogens is 5. The van der Waals surface area contributed by atoms with E-state index in [0.717, 1.165) is 22.9 Å². The Balaban J connectivity index is 1.44. The average Bonchev–Trinajstić information content (AvgIpc) is 3.47. The summed E-state index contributed by atoms with van der Waals surface area (Å²) in [5.41, 5.74) is 1.97. The lowest BCUT2D eigenvalue weighted by Crippen LogP contribution is -2.16. The van der Waals surface area contributed by atoms with Crippen molar-refractivity contribution < 1.29 is 18.0 Å². The molecular formula is C28H24ClF3N6O. The number of rotatable bonds is 6. The first-order valence-electron chi connectivity index (χ1n) is 12.2. The summed E-state index contributed by atoms with van der Waals surface area (Å²) in [5, 5.41) is 11.5. The smallest absolute Gasteiger partial charge is 0.304 e. The Morgan fingerprint density at radius 2 is 1.74 bits per heavy atom. The lowest BCUT2D eigenvalue weighted by Gasteiger charge is -2.11. The number of hydrogen-bond acceptors (Lipinski definition) is 4. The van der Waals surface area contributed by atoms with Crippen LogP contribution in [0.5, 0.6) is 0 Å². The molecule has 5 aromatic rings. The number of amides is 1. The zero-order chi connectivity index (χ0) is 27.9. The van der Waals surface area contributed by atoms with Gasteiger partial charge in [0.15, 0.2) is 22.9 Å². The Bertz CT molecular complexity index is 1670. The molecule has 0 aliphatic carbocycles. The molecule has 0 spiro atoms. The van der Waals surface area contributed by atoms with E-state index in [1.807, 2.05) is 51.1 Å². The van der Waals surface area contributed by atoms with Crippen molar-refractivity contribution in [2.24, 2.45) is 0 Å². The third-order valence-corrected chi connectivity index (χ3v) is 6.69. The van der Waals surface area contributed by atoms with Crippen LogP contribution in [0.2, 0.25) is 5.02 Å². The Labute approximate surface area is 227 Å². The van der Waals surface area contributed by atoms with Crippen LogP contribution >= 0.6 is 11.6 Å². The van der Waals surface area contributed by atoms with Crippen molar-refractivity contribution in [1.29, 1.82) is 0 Å². The molecule has 5 rings (SSSR count). The molecule has 0 saturated heterocycles. The number of alkyl halides is 3. The predicted octanol–water partition coefficient (Wildman–Crippen LogP) is 7.00. The number of halogens is 4. The number of carbonyl (C=O) groups is 1. The molecule has 11 heteroatoms. The third-order valence-electron chi connectivity index (χ3n) is 6.32. The minimum absolute atomic E-state index is 0.0988. The second kappa shape index (κ2) is 10.2. The molecule has 0 aliphatic rings. The van der Waals surface area contributed by atoms with Gasteiger partial charge < -0.3 is 5.32 Å². The lowest BCUT2D eigenvalue weighted by atomic mass is 10.0. The highest BCUT2D eigenvalue weighted by Crippen LogP contribution is 2.33. The molecule has 0 radical (unpaired) electrons. The number of hydrogen-bond donors (Lipinski definition) is 1. The summed E-state index contributed by atoms with van der Waals surface area (Å²) in [6.07, 6.45) is -4.72. The van der Waals surface area contributed by atoms with Gasteiger partial charge in [0.1, 0.15) is 0 Å². The monoisotopic (exact) mass is 552 g/mol. The van der Waals surface area contributed by atoms with Crippen LogP contribution in [0, 0.1) is 6.92 Å². The SMILES string of the molecule is Cc1cc(NC(=O)c2cc3nc(-c4ccc(C(C)C)cc4)cc(C(F)(F)F)n3n2)nn1Cc1ccccc1Cl. The van der Waals surface area contributed by atoms with Crippen LogP contribution in [0.3, 0.4) is 0 Å². The Hall–Kier alpha value is -4.18. The van der Waals surface area contributed by atoms with Crippen LogP contribution in [0.1, 0.15) is 52.8 Å². The fourth-order valence-corrected chi connectivity index (χ4v) is 4.37. The highest BCUT2D eigenvalue weighted by molar-refractivity contribution is 6.31. The molecule has 7 nitrogen and oxygen atoms in total. The van der Waals surface area contributed by atoms with E-state index in [9.17, 15) is 18.0 Å². The minimum atomic E-state index is -4.72. The van der Waals surface area contributed by atoms with Crippen LogP contribution < -0.4 is 5.32 Å². The fraction of sp³-hybridized carbons (Fsp3) is 0.214. The van der Waals surface area contributed by atoms with E-state index in [1.54, 1.807) is 28.9 Å². The summed E-state index contributed by atoms with van der Waals surface area (Å²) < 4.78 is 44.3. The minimum Gasteiger partial charge on any atom is -0.304 e. The highest BCUT2D eigenvalue weighted by atomic mass is 35.5. The quantitative estimate of drug-likeness (QED) is 0.246. The van der Waals surface area contributed by atoms with Crippen LogP contribution in [-0.2, 0) is 12.7 Å². The van der Waals surface area contributed by atoms with Crippen molar-refractivity contribution >= 4 is 29.0 Å². The highest BCUT2D eigenvalue weighted by Gasteiger charge is 2.35.